The SMILES string of the molecule is CCSC1CCC(NC2CCc3cc(Br)ccc3C2)C1. The van der Waals surface area contributed by atoms with Crippen molar-refractivity contribution in [3.63, 3.8) is 0 Å². The van der Waals surface area contributed by atoms with Gasteiger partial charge >= 0.3 is 0 Å². The zero-order valence-corrected chi connectivity index (χ0v) is 14.6. The van der Waals surface area contributed by atoms with Gasteiger partial charge in [-0.2, -0.15) is 11.8 Å². The van der Waals surface area contributed by atoms with Crippen molar-refractivity contribution >= 4 is 27.7 Å². The van der Waals surface area contributed by atoms with Gasteiger partial charge in [-0.15, -0.1) is 0 Å². The summed E-state index contributed by atoms with van der Waals surface area (Å²) in [6, 6.07) is 8.25. The molecule has 2 aliphatic carbocycles. The lowest BCUT2D eigenvalue weighted by Gasteiger charge is -2.28. The molecule has 0 bridgehead atoms. The molecule has 3 rings (SSSR count). The molecule has 0 radical (unpaired) electrons. The van der Waals surface area contributed by atoms with Gasteiger partial charge in [-0.25, -0.2) is 0 Å². The molecule has 0 spiro atoms. The molecule has 0 aliphatic heterocycles. The van der Waals surface area contributed by atoms with Crippen LogP contribution in [0.3, 0.4) is 0 Å². The Morgan fingerprint density at radius 3 is 2.95 bits per heavy atom. The molecule has 0 amide bonds. The summed E-state index contributed by atoms with van der Waals surface area (Å²) in [5.41, 5.74) is 3.10. The molecule has 1 nitrogen and oxygen atoms in total. The summed E-state index contributed by atoms with van der Waals surface area (Å²) in [6.07, 6.45) is 7.90. The van der Waals surface area contributed by atoms with Gasteiger partial charge in [0.25, 0.3) is 0 Å². The van der Waals surface area contributed by atoms with Crippen LogP contribution in [0.4, 0.5) is 0 Å². The highest BCUT2D eigenvalue weighted by Crippen LogP contribution is 2.31. The molecule has 1 fully saturated rings. The second-order valence-electron chi connectivity index (χ2n) is 6.11. The van der Waals surface area contributed by atoms with Crippen molar-refractivity contribution in [1.82, 2.24) is 5.32 Å². The first-order valence-electron chi connectivity index (χ1n) is 7.89. The number of halogens is 1. The fraction of sp³-hybridized carbons (Fsp3) is 0.647. The van der Waals surface area contributed by atoms with Crippen molar-refractivity contribution in [2.75, 3.05) is 5.75 Å². The van der Waals surface area contributed by atoms with Crippen LogP contribution < -0.4 is 5.32 Å². The average molecular weight is 354 g/mol. The maximum Gasteiger partial charge on any atom is 0.0178 e. The minimum Gasteiger partial charge on any atom is -0.311 e. The Hall–Kier alpha value is 0.01000. The van der Waals surface area contributed by atoms with Gasteiger partial charge in [0.1, 0.15) is 0 Å². The van der Waals surface area contributed by atoms with E-state index >= 15 is 0 Å². The molecule has 20 heavy (non-hydrogen) atoms. The minimum atomic E-state index is 0.694. The van der Waals surface area contributed by atoms with E-state index < -0.39 is 0 Å². The second kappa shape index (κ2) is 6.85. The van der Waals surface area contributed by atoms with E-state index in [2.05, 4.69) is 58.1 Å². The third-order valence-corrected chi connectivity index (χ3v) is 6.38. The Labute approximate surface area is 135 Å². The average Bonchev–Trinajstić information content (AvgIpc) is 2.87. The van der Waals surface area contributed by atoms with Crippen LogP contribution in [0.25, 0.3) is 0 Å². The van der Waals surface area contributed by atoms with Crippen molar-refractivity contribution in [2.24, 2.45) is 0 Å². The largest absolute Gasteiger partial charge is 0.311 e. The topological polar surface area (TPSA) is 12.0 Å². The van der Waals surface area contributed by atoms with Crippen LogP contribution >= 0.6 is 27.7 Å². The van der Waals surface area contributed by atoms with Gasteiger partial charge < -0.3 is 5.32 Å². The summed E-state index contributed by atoms with van der Waals surface area (Å²) in [4.78, 5) is 0. The molecule has 1 N–H and O–H groups in total. The molecule has 0 heterocycles. The van der Waals surface area contributed by atoms with Gasteiger partial charge in [-0.1, -0.05) is 28.9 Å². The van der Waals surface area contributed by atoms with Crippen LogP contribution in [0.15, 0.2) is 22.7 Å². The molecule has 110 valence electrons. The smallest absolute Gasteiger partial charge is 0.0178 e. The summed E-state index contributed by atoms with van der Waals surface area (Å²) in [5.74, 6) is 1.27. The highest BCUT2D eigenvalue weighted by molar-refractivity contribution is 9.10. The summed E-state index contributed by atoms with van der Waals surface area (Å²) in [5, 5.41) is 4.84. The van der Waals surface area contributed by atoms with E-state index in [4.69, 9.17) is 0 Å². The van der Waals surface area contributed by atoms with Crippen LogP contribution in [-0.4, -0.2) is 23.1 Å². The number of thioether (sulfide) groups is 1. The van der Waals surface area contributed by atoms with Crippen LogP contribution in [0, 0.1) is 0 Å². The standard InChI is InChI=1S/C17H24BrNS/c1-2-20-17-8-7-16(11-17)19-15-6-4-12-9-14(18)5-3-13(12)10-15/h3,5,9,15-17,19H,2,4,6-8,10-11H2,1H3. The van der Waals surface area contributed by atoms with E-state index in [-0.39, 0.29) is 0 Å². The number of fused-ring (bicyclic) bond motifs is 1. The Morgan fingerprint density at radius 2 is 2.10 bits per heavy atom. The molecule has 3 unspecified atom stereocenters. The van der Waals surface area contributed by atoms with Crippen molar-refractivity contribution in [3.05, 3.63) is 33.8 Å². The summed E-state index contributed by atoms with van der Waals surface area (Å²) < 4.78 is 1.22. The zero-order valence-electron chi connectivity index (χ0n) is 12.2. The maximum absolute atomic E-state index is 3.94. The van der Waals surface area contributed by atoms with Gasteiger partial charge in [-0.3, -0.25) is 0 Å². The zero-order chi connectivity index (χ0) is 13.9. The molecule has 2 aliphatic rings. The lowest BCUT2D eigenvalue weighted by atomic mass is 9.88. The molecular weight excluding hydrogens is 330 g/mol. The molecule has 1 aromatic carbocycles. The molecule has 0 saturated heterocycles. The second-order valence-corrected chi connectivity index (χ2v) is 8.60. The fourth-order valence-electron chi connectivity index (χ4n) is 3.68. The monoisotopic (exact) mass is 353 g/mol. The van der Waals surface area contributed by atoms with Crippen LogP contribution in [0.1, 0.15) is 43.7 Å². The van der Waals surface area contributed by atoms with Crippen LogP contribution in [0.5, 0.6) is 0 Å². The van der Waals surface area contributed by atoms with Crippen LogP contribution in [-0.2, 0) is 12.8 Å². The highest BCUT2D eigenvalue weighted by Gasteiger charge is 2.27. The number of aryl methyl sites for hydroxylation is 1. The lowest BCUT2D eigenvalue weighted by molar-refractivity contribution is 0.396. The predicted octanol–water partition coefficient (Wildman–Crippen LogP) is 4.57. The molecule has 3 atom stereocenters. The Balaban J connectivity index is 1.54. The third kappa shape index (κ3) is 3.61. The number of hydrogen-bond acceptors (Lipinski definition) is 2. The van der Waals surface area contributed by atoms with Gasteiger partial charge in [0.15, 0.2) is 0 Å². The summed E-state index contributed by atoms with van der Waals surface area (Å²) in [6.45, 7) is 2.28. The molecule has 1 aromatic rings. The highest BCUT2D eigenvalue weighted by atomic mass is 79.9. The minimum absolute atomic E-state index is 0.694. The van der Waals surface area contributed by atoms with Crippen molar-refractivity contribution in [1.29, 1.82) is 0 Å². The van der Waals surface area contributed by atoms with E-state index in [1.807, 2.05) is 0 Å². The molecule has 1 saturated carbocycles. The quantitative estimate of drug-likeness (QED) is 0.850. The van der Waals surface area contributed by atoms with E-state index in [0.29, 0.717) is 6.04 Å². The fourth-order valence-corrected chi connectivity index (χ4v) is 5.23. The maximum atomic E-state index is 3.94. The Kier molecular flexibility index (Phi) is 5.11. The Bertz CT molecular complexity index is 462. The van der Waals surface area contributed by atoms with Gasteiger partial charge in [0.2, 0.25) is 0 Å². The van der Waals surface area contributed by atoms with Gasteiger partial charge in [0, 0.05) is 21.8 Å². The van der Waals surface area contributed by atoms with E-state index in [0.717, 1.165) is 11.3 Å². The van der Waals surface area contributed by atoms with E-state index in [1.54, 1.807) is 11.1 Å². The Morgan fingerprint density at radius 1 is 1.20 bits per heavy atom. The molecule has 0 aromatic heterocycles. The first-order chi connectivity index (χ1) is 9.74. The van der Waals surface area contributed by atoms with Crippen molar-refractivity contribution in [2.45, 2.75) is 62.8 Å². The number of benzene rings is 1. The van der Waals surface area contributed by atoms with Crippen molar-refractivity contribution in [3.8, 4) is 0 Å². The first-order valence-corrected chi connectivity index (χ1v) is 9.73. The predicted molar refractivity (Wildman–Crippen MR) is 92.6 cm³/mol. The van der Waals surface area contributed by atoms with Gasteiger partial charge in [-0.05, 0) is 67.5 Å². The third-order valence-electron chi connectivity index (χ3n) is 4.66. The van der Waals surface area contributed by atoms with E-state index in [1.165, 1.54) is 48.8 Å². The van der Waals surface area contributed by atoms with Crippen LogP contribution in [0.2, 0.25) is 0 Å². The first kappa shape index (κ1) is 14.9. The lowest BCUT2D eigenvalue weighted by Crippen LogP contribution is -2.40. The number of rotatable bonds is 4. The molecular formula is C17H24BrNS. The summed E-state index contributed by atoms with van der Waals surface area (Å²) >= 11 is 5.73. The normalized spacial score (nSPS) is 29.4. The summed E-state index contributed by atoms with van der Waals surface area (Å²) in [7, 11) is 0. The number of nitrogens with one attached hydrogen (secondary N) is 1. The molecule has 3 heteroatoms. The van der Waals surface area contributed by atoms with Gasteiger partial charge in [0.05, 0.1) is 0 Å². The number of hydrogen-bond donors (Lipinski definition) is 1. The van der Waals surface area contributed by atoms with E-state index in [9.17, 15) is 0 Å². The van der Waals surface area contributed by atoms with Crippen molar-refractivity contribution < 1.29 is 0 Å².